The van der Waals surface area contributed by atoms with E-state index in [1.807, 2.05) is 60.7 Å². The van der Waals surface area contributed by atoms with Gasteiger partial charge in [-0.25, -0.2) is 0 Å². The molecule has 3 amide bonds. The summed E-state index contributed by atoms with van der Waals surface area (Å²) in [6, 6.07) is 19.4. The first-order valence-corrected chi connectivity index (χ1v) is 11.4. The molecule has 0 spiro atoms. The largest absolute Gasteiger partial charge is 0.355 e. The van der Waals surface area contributed by atoms with Crippen molar-refractivity contribution in [3.8, 4) is 0 Å². The Hall–Kier alpha value is -2.84. The predicted molar refractivity (Wildman–Crippen MR) is 122 cm³/mol. The van der Waals surface area contributed by atoms with E-state index in [0.717, 1.165) is 12.0 Å². The van der Waals surface area contributed by atoms with Gasteiger partial charge >= 0.3 is 0 Å². The van der Waals surface area contributed by atoms with E-state index in [1.165, 1.54) is 17.3 Å². The summed E-state index contributed by atoms with van der Waals surface area (Å²) in [5.74, 6) is -0.0978. The molecule has 0 aromatic heterocycles. The first-order valence-electron chi connectivity index (χ1n) is 10.4. The van der Waals surface area contributed by atoms with Crippen LogP contribution in [-0.4, -0.2) is 41.6 Å². The molecule has 0 bridgehead atoms. The average molecular weight is 441 g/mol. The lowest BCUT2D eigenvalue weighted by atomic mass is 10.1. The molecule has 31 heavy (non-hydrogen) atoms. The maximum Gasteiger partial charge on any atom is 0.230 e. The molecule has 1 saturated heterocycles. The van der Waals surface area contributed by atoms with E-state index in [9.17, 15) is 14.4 Å². The Morgan fingerprint density at radius 2 is 1.61 bits per heavy atom. The fourth-order valence-electron chi connectivity index (χ4n) is 3.26. The second-order valence-electron chi connectivity index (χ2n) is 7.38. The minimum Gasteiger partial charge on any atom is -0.355 e. The number of nitrogens with one attached hydrogen (secondary N) is 4. The van der Waals surface area contributed by atoms with Crippen LogP contribution in [0.2, 0.25) is 0 Å². The fraction of sp³-hybridized carbons (Fsp3) is 0.348. The highest BCUT2D eigenvalue weighted by atomic mass is 32.2. The molecule has 1 aliphatic rings. The summed E-state index contributed by atoms with van der Waals surface area (Å²) >= 11 is 1.31. The number of thioether (sulfide) groups is 1. The molecule has 7 nitrogen and oxygen atoms in total. The first kappa shape index (κ1) is 22.8. The van der Waals surface area contributed by atoms with Gasteiger partial charge in [-0.1, -0.05) is 60.7 Å². The molecule has 0 saturated carbocycles. The second-order valence-corrected chi connectivity index (χ2v) is 8.47. The van der Waals surface area contributed by atoms with Gasteiger partial charge in [0.15, 0.2) is 0 Å². The van der Waals surface area contributed by atoms with Gasteiger partial charge in [-0.15, -0.1) is 11.8 Å². The third-order valence-electron chi connectivity index (χ3n) is 4.84. The van der Waals surface area contributed by atoms with Gasteiger partial charge in [0.05, 0.1) is 5.75 Å². The van der Waals surface area contributed by atoms with Crippen molar-refractivity contribution in [2.45, 2.75) is 37.3 Å². The molecular formula is C23H28N4O3S. The van der Waals surface area contributed by atoms with E-state index in [2.05, 4.69) is 21.3 Å². The Morgan fingerprint density at radius 3 is 2.32 bits per heavy atom. The van der Waals surface area contributed by atoms with E-state index in [4.69, 9.17) is 0 Å². The predicted octanol–water partition coefficient (Wildman–Crippen LogP) is 1.55. The lowest BCUT2D eigenvalue weighted by molar-refractivity contribution is -0.125. The summed E-state index contributed by atoms with van der Waals surface area (Å²) in [4.78, 5) is 36.4. The highest BCUT2D eigenvalue weighted by Gasteiger charge is 2.27. The van der Waals surface area contributed by atoms with Crippen LogP contribution < -0.4 is 21.3 Å². The van der Waals surface area contributed by atoms with E-state index < -0.39 is 5.50 Å². The zero-order valence-corrected chi connectivity index (χ0v) is 18.1. The zero-order valence-electron chi connectivity index (χ0n) is 17.3. The van der Waals surface area contributed by atoms with Gasteiger partial charge in [0.25, 0.3) is 0 Å². The van der Waals surface area contributed by atoms with Crippen molar-refractivity contribution in [2.75, 3.05) is 12.3 Å². The Balaban J connectivity index is 1.35. The standard InChI is InChI=1S/C23H28N4O3S/c28-20(25-15-18-9-5-2-6-10-18)13-19-14-21(29)27-23(26-19)31-16-22(30)24-12-11-17-7-3-1-4-8-17/h1-10,19,23,26H,11-16H2,(H,24,30)(H,25,28)(H,27,29). The molecule has 3 rings (SSSR count). The van der Waals surface area contributed by atoms with Gasteiger partial charge in [-0.05, 0) is 17.5 Å². The maximum atomic E-state index is 12.2. The summed E-state index contributed by atoms with van der Waals surface area (Å²) in [7, 11) is 0. The molecule has 2 atom stereocenters. The van der Waals surface area contributed by atoms with Crippen molar-refractivity contribution in [3.05, 3.63) is 71.8 Å². The third-order valence-corrected chi connectivity index (χ3v) is 5.85. The van der Waals surface area contributed by atoms with Crippen LogP contribution in [0.15, 0.2) is 60.7 Å². The minimum absolute atomic E-state index is 0.0836. The van der Waals surface area contributed by atoms with Crippen LogP contribution in [0.25, 0.3) is 0 Å². The van der Waals surface area contributed by atoms with Gasteiger partial charge in [0, 0.05) is 32.0 Å². The molecule has 2 aromatic rings. The smallest absolute Gasteiger partial charge is 0.230 e. The molecule has 4 N–H and O–H groups in total. The Labute approximate surface area is 186 Å². The summed E-state index contributed by atoms with van der Waals surface area (Å²) in [5, 5.41) is 11.8. The SMILES string of the molecule is O=C(CSC1NC(=O)CC(CC(=O)NCc2ccccc2)N1)NCCc1ccccc1. The van der Waals surface area contributed by atoms with Crippen LogP contribution in [0.4, 0.5) is 0 Å². The van der Waals surface area contributed by atoms with Gasteiger partial charge in [-0.2, -0.15) is 0 Å². The minimum atomic E-state index is -0.395. The van der Waals surface area contributed by atoms with E-state index >= 15 is 0 Å². The average Bonchev–Trinajstić information content (AvgIpc) is 2.77. The molecule has 1 aliphatic heterocycles. The molecule has 1 heterocycles. The lowest BCUT2D eigenvalue weighted by Gasteiger charge is -2.30. The van der Waals surface area contributed by atoms with Gasteiger partial charge in [0.1, 0.15) is 5.50 Å². The van der Waals surface area contributed by atoms with Crippen LogP contribution in [0.1, 0.15) is 24.0 Å². The van der Waals surface area contributed by atoms with Crippen molar-refractivity contribution in [1.82, 2.24) is 21.3 Å². The highest BCUT2D eigenvalue weighted by Crippen LogP contribution is 2.14. The summed E-state index contributed by atoms with van der Waals surface area (Å²) in [6.45, 7) is 1.03. The van der Waals surface area contributed by atoms with Gasteiger partial charge in [-0.3, -0.25) is 19.7 Å². The maximum absolute atomic E-state index is 12.2. The summed E-state index contributed by atoms with van der Waals surface area (Å²) in [6.07, 6.45) is 1.22. The first-order chi connectivity index (χ1) is 15.1. The van der Waals surface area contributed by atoms with Crippen molar-refractivity contribution >= 4 is 29.5 Å². The zero-order chi connectivity index (χ0) is 21.9. The number of carbonyl (C=O) groups is 3. The summed E-state index contributed by atoms with van der Waals surface area (Å²) < 4.78 is 0. The molecule has 0 radical (unpaired) electrons. The second kappa shape index (κ2) is 12.1. The Kier molecular flexibility index (Phi) is 8.93. The van der Waals surface area contributed by atoms with Gasteiger partial charge in [0.2, 0.25) is 17.7 Å². The number of carbonyl (C=O) groups excluding carboxylic acids is 3. The van der Waals surface area contributed by atoms with Crippen molar-refractivity contribution in [2.24, 2.45) is 0 Å². The number of benzene rings is 2. The molecule has 164 valence electrons. The van der Waals surface area contributed by atoms with E-state index in [0.29, 0.717) is 13.1 Å². The van der Waals surface area contributed by atoms with Crippen molar-refractivity contribution < 1.29 is 14.4 Å². The molecule has 1 fully saturated rings. The van der Waals surface area contributed by atoms with Crippen LogP contribution in [0, 0.1) is 0 Å². The topological polar surface area (TPSA) is 99.3 Å². The summed E-state index contributed by atoms with van der Waals surface area (Å²) in [5.41, 5.74) is 1.80. The molecule has 8 heteroatoms. The monoisotopic (exact) mass is 440 g/mol. The van der Waals surface area contributed by atoms with E-state index in [-0.39, 0.29) is 42.4 Å². The van der Waals surface area contributed by atoms with Gasteiger partial charge < -0.3 is 16.0 Å². The van der Waals surface area contributed by atoms with Crippen LogP contribution in [-0.2, 0) is 27.3 Å². The Bertz CT molecular complexity index is 864. The molecule has 2 aromatic carbocycles. The number of rotatable bonds is 10. The molecular weight excluding hydrogens is 412 g/mol. The van der Waals surface area contributed by atoms with Crippen LogP contribution in [0.3, 0.4) is 0 Å². The molecule has 0 aliphatic carbocycles. The number of amides is 3. The molecule has 2 unspecified atom stereocenters. The van der Waals surface area contributed by atoms with E-state index in [1.54, 1.807) is 0 Å². The van der Waals surface area contributed by atoms with Crippen molar-refractivity contribution in [3.63, 3.8) is 0 Å². The Morgan fingerprint density at radius 1 is 0.935 bits per heavy atom. The number of hydrogen-bond donors (Lipinski definition) is 4. The normalized spacial score (nSPS) is 18.1. The fourth-order valence-corrected chi connectivity index (χ4v) is 4.18. The number of hydrogen-bond acceptors (Lipinski definition) is 5. The van der Waals surface area contributed by atoms with Crippen LogP contribution in [0.5, 0.6) is 0 Å². The highest BCUT2D eigenvalue weighted by molar-refractivity contribution is 8.00. The quantitative estimate of drug-likeness (QED) is 0.449. The van der Waals surface area contributed by atoms with Crippen LogP contribution >= 0.6 is 11.8 Å². The lowest BCUT2D eigenvalue weighted by Crippen LogP contribution is -2.56. The van der Waals surface area contributed by atoms with Crippen molar-refractivity contribution in [1.29, 1.82) is 0 Å². The third kappa shape index (κ3) is 8.43.